The summed E-state index contributed by atoms with van der Waals surface area (Å²) in [6.45, 7) is 8.09. The number of aromatic nitrogens is 3. The summed E-state index contributed by atoms with van der Waals surface area (Å²) in [5.74, 6) is 1.73. The van der Waals surface area contributed by atoms with E-state index in [2.05, 4.69) is 29.5 Å². The molecule has 0 aliphatic heterocycles. The SMILES string of the molecule is Cc1cnc2c(c1)nc(CC(C)C)n2CCCN. The van der Waals surface area contributed by atoms with Crippen LogP contribution in [0, 0.1) is 12.8 Å². The van der Waals surface area contributed by atoms with Gasteiger partial charge in [0.25, 0.3) is 0 Å². The van der Waals surface area contributed by atoms with Gasteiger partial charge in [0.2, 0.25) is 0 Å². The summed E-state index contributed by atoms with van der Waals surface area (Å²) >= 11 is 0. The van der Waals surface area contributed by atoms with Crippen LogP contribution in [-0.4, -0.2) is 21.1 Å². The molecule has 0 spiro atoms. The van der Waals surface area contributed by atoms with Crippen molar-refractivity contribution in [1.29, 1.82) is 0 Å². The Morgan fingerprint density at radius 2 is 2.17 bits per heavy atom. The molecule has 4 nitrogen and oxygen atoms in total. The smallest absolute Gasteiger partial charge is 0.160 e. The lowest BCUT2D eigenvalue weighted by atomic mass is 10.1. The number of nitrogens with zero attached hydrogens (tertiary/aromatic N) is 3. The molecule has 0 bridgehead atoms. The van der Waals surface area contributed by atoms with Gasteiger partial charge in [-0.05, 0) is 37.4 Å². The highest BCUT2D eigenvalue weighted by molar-refractivity contribution is 5.72. The molecule has 0 saturated carbocycles. The third kappa shape index (κ3) is 2.70. The fourth-order valence-corrected chi connectivity index (χ4v) is 2.16. The largest absolute Gasteiger partial charge is 0.330 e. The Morgan fingerprint density at radius 1 is 1.39 bits per heavy atom. The monoisotopic (exact) mass is 246 g/mol. The van der Waals surface area contributed by atoms with Crippen LogP contribution in [0.2, 0.25) is 0 Å². The van der Waals surface area contributed by atoms with Gasteiger partial charge >= 0.3 is 0 Å². The minimum atomic E-state index is 0.597. The normalized spacial score (nSPS) is 11.6. The first-order valence-electron chi connectivity index (χ1n) is 6.63. The van der Waals surface area contributed by atoms with Crippen molar-refractivity contribution in [3.8, 4) is 0 Å². The van der Waals surface area contributed by atoms with Crippen LogP contribution in [0.4, 0.5) is 0 Å². The van der Waals surface area contributed by atoms with Crippen LogP contribution in [0.25, 0.3) is 11.2 Å². The Hall–Kier alpha value is -1.42. The van der Waals surface area contributed by atoms with Crippen LogP contribution in [0.15, 0.2) is 12.3 Å². The second-order valence-electron chi connectivity index (χ2n) is 5.28. The number of hydrogen-bond acceptors (Lipinski definition) is 3. The molecule has 4 heteroatoms. The number of fused-ring (bicyclic) bond motifs is 1. The molecule has 2 N–H and O–H groups in total. The fraction of sp³-hybridized carbons (Fsp3) is 0.571. The second-order valence-corrected chi connectivity index (χ2v) is 5.28. The Morgan fingerprint density at radius 3 is 2.83 bits per heavy atom. The summed E-state index contributed by atoms with van der Waals surface area (Å²) in [5, 5.41) is 0. The van der Waals surface area contributed by atoms with Crippen LogP contribution in [-0.2, 0) is 13.0 Å². The van der Waals surface area contributed by atoms with Gasteiger partial charge in [-0.2, -0.15) is 0 Å². The van der Waals surface area contributed by atoms with Crippen LogP contribution in [0.3, 0.4) is 0 Å². The third-order valence-corrected chi connectivity index (χ3v) is 2.98. The van der Waals surface area contributed by atoms with Crippen molar-refractivity contribution in [2.45, 2.75) is 40.2 Å². The Kier molecular flexibility index (Phi) is 3.97. The highest BCUT2D eigenvalue weighted by Gasteiger charge is 2.12. The molecule has 2 aromatic heterocycles. The van der Waals surface area contributed by atoms with E-state index in [1.807, 2.05) is 13.1 Å². The minimum Gasteiger partial charge on any atom is -0.330 e. The molecule has 0 saturated heterocycles. The van der Waals surface area contributed by atoms with E-state index in [1.54, 1.807) is 0 Å². The lowest BCUT2D eigenvalue weighted by molar-refractivity contribution is 0.566. The predicted molar refractivity (Wildman–Crippen MR) is 74.5 cm³/mol. The maximum absolute atomic E-state index is 5.61. The molecule has 0 fully saturated rings. The van der Waals surface area contributed by atoms with Gasteiger partial charge in [-0.25, -0.2) is 9.97 Å². The quantitative estimate of drug-likeness (QED) is 0.880. The summed E-state index contributed by atoms with van der Waals surface area (Å²) in [4.78, 5) is 9.25. The standard InChI is InChI=1S/C14H22N4/c1-10(2)7-13-17-12-8-11(3)9-16-14(12)18(13)6-4-5-15/h8-10H,4-7,15H2,1-3H3. The maximum atomic E-state index is 5.61. The summed E-state index contributed by atoms with van der Waals surface area (Å²) in [6, 6.07) is 2.10. The summed E-state index contributed by atoms with van der Waals surface area (Å²) in [7, 11) is 0. The van der Waals surface area contributed by atoms with Crippen molar-refractivity contribution >= 4 is 11.2 Å². The van der Waals surface area contributed by atoms with Crippen molar-refractivity contribution < 1.29 is 0 Å². The van der Waals surface area contributed by atoms with Crippen LogP contribution < -0.4 is 5.73 Å². The van der Waals surface area contributed by atoms with Gasteiger partial charge in [0.05, 0.1) is 0 Å². The summed E-state index contributed by atoms with van der Waals surface area (Å²) < 4.78 is 2.22. The van der Waals surface area contributed by atoms with Gasteiger partial charge < -0.3 is 10.3 Å². The van der Waals surface area contributed by atoms with Crippen molar-refractivity contribution in [2.24, 2.45) is 11.7 Å². The average molecular weight is 246 g/mol. The molecule has 98 valence electrons. The molecular formula is C14H22N4. The second kappa shape index (κ2) is 5.48. The van der Waals surface area contributed by atoms with Crippen LogP contribution in [0.5, 0.6) is 0 Å². The van der Waals surface area contributed by atoms with E-state index in [9.17, 15) is 0 Å². The van der Waals surface area contributed by atoms with E-state index < -0.39 is 0 Å². The molecule has 2 aromatic rings. The highest BCUT2D eigenvalue weighted by atomic mass is 15.1. The molecule has 18 heavy (non-hydrogen) atoms. The zero-order valence-corrected chi connectivity index (χ0v) is 11.5. The van der Waals surface area contributed by atoms with E-state index in [0.717, 1.165) is 41.9 Å². The molecule has 0 aliphatic carbocycles. The lowest BCUT2D eigenvalue weighted by Gasteiger charge is -2.09. The van der Waals surface area contributed by atoms with Crippen molar-refractivity contribution in [3.05, 3.63) is 23.7 Å². The van der Waals surface area contributed by atoms with Gasteiger partial charge in [-0.1, -0.05) is 13.8 Å². The van der Waals surface area contributed by atoms with Crippen LogP contribution >= 0.6 is 0 Å². The first-order chi connectivity index (χ1) is 8.61. The number of rotatable bonds is 5. The number of nitrogens with two attached hydrogens (primary N) is 1. The number of pyridine rings is 1. The number of aryl methyl sites for hydroxylation is 2. The van der Waals surface area contributed by atoms with E-state index in [1.165, 1.54) is 0 Å². The summed E-state index contributed by atoms with van der Waals surface area (Å²) in [6.07, 6.45) is 3.86. The molecule has 0 aliphatic rings. The van der Waals surface area contributed by atoms with Gasteiger partial charge in [-0.3, -0.25) is 0 Å². The molecule has 0 atom stereocenters. The van der Waals surface area contributed by atoms with Crippen molar-refractivity contribution in [2.75, 3.05) is 6.54 Å². The van der Waals surface area contributed by atoms with Gasteiger partial charge in [0.15, 0.2) is 5.65 Å². The number of hydrogen-bond donors (Lipinski definition) is 1. The van der Waals surface area contributed by atoms with E-state index in [0.29, 0.717) is 12.5 Å². The first kappa shape index (κ1) is 13.0. The van der Waals surface area contributed by atoms with E-state index >= 15 is 0 Å². The van der Waals surface area contributed by atoms with Gasteiger partial charge in [0, 0.05) is 19.2 Å². The minimum absolute atomic E-state index is 0.597. The highest BCUT2D eigenvalue weighted by Crippen LogP contribution is 2.18. The zero-order chi connectivity index (χ0) is 13.1. The first-order valence-corrected chi connectivity index (χ1v) is 6.63. The fourth-order valence-electron chi connectivity index (χ4n) is 2.16. The Balaban J connectivity index is 2.45. The van der Waals surface area contributed by atoms with E-state index in [4.69, 9.17) is 10.7 Å². The number of imidazole rings is 1. The lowest BCUT2D eigenvalue weighted by Crippen LogP contribution is -2.11. The predicted octanol–water partition coefficient (Wildman–Crippen LogP) is 2.29. The molecule has 2 rings (SSSR count). The Bertz CT molecular complexity index is 528. The molecule has 0 radical (unpaired) electrons. The van der Waals surface area contributed by atoms with Gasteiger partial charge in [-0.15, -0.1) is 0 Å². The third-order valence-electron chi connectivity index (χ3n) is 2.98. The maximum Gasteiger partial charge on any atom is 0.160 e. The van der Waals surface area contributed by atoms with E-state index in [-0.39, 0.29) is 0 Å². The van der Waals surface area contributed by atoms with Gasteiger partial charge in [0.1, 0.15) is 11.3 Å². The average Bonchev–Trinajstić information content (AvgIpc) is 2.62. The summed E-state index contributed by atoms with van der Waals surface area (Å²) in [5.41, 5.74) is 8.76. The van der Waals surface area contributed by atoms with Crippen molar-refractivity contribution in [3.63, 3.8) is 0 Å². The molecule has 0 unspecified atom stereocenters. The molecule has 0 amide bonds. The Labute approximate surface area is 108 Å². The topological polar surface area (TPSA) is 56.7 Å². The zero-order valence-electron chi connectivity index (χ0n) is 11.5. The molecular weight excluding hydrogens is 224 g/mol. The molecule has 0 aromatic carbocycles. The van der Waals surface area contributed by atoms with Crippen molar-refractivity contribution in [1.82, 2.24) is 14.5 Å². The molecule has 2 heterocycles. The van der Waals surface area contributed by atoms with Crippen LogP contribution in [0.1, 0.15) is 31.7 Å².